The molecule has 1 aliphatic rings. The van der Waals surface area contributed by atoms with Crippen LogP contribution < -0.4 is 15.5 Å². The third-order valence-corrected chi connectivity index (χ3v) is 4.34. The molecule has 0 aliphatic carbocycles. The zero-order valence-corrected chi connectivity index (χ0v) is 14.1. The predicted octanol–water partition coefficient (Wildman–Crippen LogP) is 2.91. The summed E-state index contributed by atoms with van der Waals surface area (Å²) in [5.74, 6) is -0.408. The molecule has 1 heterocycles. The van der Waals surface area contributed by atoms with Crippen molar-refractivity contribution in [3.63, 3.8) is 0 Å². The molecular formula is C17H17ClN4O3. The van der Waals surface area contributed by atoms with Gasteiger partial charge in [0.1, 0.15) is 5.69 Å². The van der Waals surface area contributed by atoms with E-state index in [-0.39, 0.29) is 5.69 Å². The number of carbonyl (C=O) groups is 1. The Hall–Kier alpha value is -2.64. The van der Waals surface area contributed by atoms with Crippen LogP contribution in [-0.4, -0.2) is 37.0 Å². The molecule has 0 atom stereocenters. The monoisotopic (exact) mass is 360 g/mol. The molecule has 2 aromatic carbocycles. The first kappa shape index (κ1) is 17.2. The summed E-state index contributed by atoms with van der Waals surface area (Å²) in [4.78, 5) is 25.3. The molecule has 8 heteroatoms. The summed E-state index contributed by atoms with van der Waals surface area (Å²) in [5, 5.41) is 17.7. The Morgan fingerprint density at radius 2 is 1.92 bits per heavy atom. The number of nitro groups is 1. The van der Waals surface area contributed by atoms with Gasteiger partial charge < -0.3 is 15.5 Å². The summed E-state index contributed by atoms with van der Waals surface area (Å²) in [6.07, 6.45) is 0. The lowest BCUT2D eigenvalue weighted by Crippen LogP contribution is -2.43. The third-order valence-electron chi connectivity index (χ3n) is 4.01. The van der Waals surface area contributed by atoms with Gasteiger partial charge in [-0.15, -0.1) is 0 Å². The molecule has 0 saturated carbocycles. The minimum atomic E-state index is -0.428. The van der Waals surface area contributed by atoms with Crippen LogP contribution in [0.4, 0.5) is 17.1 Å². The number of halogens is 1. The Morgan fingerprint density at radius 3 is 2.60 bits per heavy atom. The molecule has 1 fully saturated rings. The Bertz CT molecular complexity index is 806. The van der Waals surface area contributed by atoms with Crippen LogP contribution in [0.15, 0.2) is 42.5 Å². The summed E-state index contributed by atoms with van der Waals surface area (Å²) >= 11 is 6.01. The second kappa shape index (κ2) is 7.50. The molecule has 3 rings (SSSR count). The lowest BCUT2D eigenvalue weighted by Gasteiger charge is -2.29. The number of nitrogens with zero attached hydrogens (tertiary/aromatic N) is 2. The van der Waals surface area contributed by atoms with Gasteiger partial charge in [0.05, 0.1) is 15.5 Å². The van der Waals surface area contributed by atoms with E-state index in [9.17, 15) is 14.9 Å². The van der Waals surface area contributed by atoms with Gasteiger partial charge in [-0.1, -0.05) is 23.7 Å². The number of carbonyl (C=O) groups excluding carboxylic acids is 1. The number of nitro benzene ring substituents is 1. The molecule has 1 saturated heterocycles. The summed E-state index contributed by atoms with van der Waals surface area (Å²) in [6.45, 7) is 2.96. The van der Waals surface area contributed by atoms with Crippen molar-refractivity contribution in [2.24, 2.45) is 0 Å². The fraction of sp³-hybridized carbons (Fsp3) is 0.235. The van der Waals surface area contributed by atoms with Gasteiger partial charge in [0.15, 0.2) is 0 Å². The van der Waals surface area contributed by atoms with E-state index in [0.29, 0.717) is 35.1 Å². The van der Waals surface area contributed by atoms with Crippen LogP contribution >= 0.6 is 11.6 Å². The number of anilines is 2. The number of benzene rings is 2. The van der Waals surface area contributed by atoms with Gasteiger partial charge in [-0.3, -0.25) is 14.9 Å². The van der Waals surface area contributed by atoms with Crippen LogP contribution in [0.25, 0.3) is 0 Å². The van der Waals surface area contributed by atoms with Crippen LogP contribution in [0.2, 0.25) is 5.02 Å². The van der Waals surface area contributed by atoms with Gasteiger partial charge in [0.2, 0.25) is 0 Å². The van der Waals surface area contributed by atoms with E-state index in [1.54, 1.807) is 36.4 Å². The fourth-order valence-electron chi connectivity index (χ4n) is 2.76. The molecule has 2 N–H and O–H groups in total. The number of nitrogens with one attached hydrogen (secondary N) is 2. The normalized spacial score (nSPS) is 14.2. The number of hydrogen-bond donors (Lipinski definition) is 2. The molecule has 1 aliphatic heterocycles. The SMILES string of the molecule is O=C(Nc1ccc(N2CCNCC2)c([N+](=O)[O-])c1)c1ccccc1Cl. The first-order valence-corrected chi connectivity index (χ1v) is 8.24. The molecule has 7 nitrogen and oxygen atoms in total. The molecule has 0 bridgehead atoms. The van der Waals surface area contributed by atoms with E-state index < -0.39 is 10.8 Å². The van der Waals surface area contributed by atoms with Crippen molar-refractivity contribution in [1.29, 1.82) is 0 Å². The maximum absolute atomic E-state index is 12.3. The minimum absolute atomic E-state index is 0.0288. The average molecular weight is 361 g/mol. The molecule has 0 spiro atoms. The Balaban J connectivity index is 1.85. The van der Waals surface area contributed by atoms with E-state index in [4.69, 9.17) is 11.6 Å². The fourth-order valence-corrected chi connectivity index (χ4v) is 2.99. The van der Waals surface area contributed by atoms with Crippen molar-refractivity contribution in [1.82, 2.24) is 5.32 Å². The highest BCUT2D eigenvalue weighted by Crippen LogP contribution is 2.31. The van der Waals surface area contributed by atoms with E-state index >= 15 is 0 Å². The molecule has 0 radical (unpaired) electrons. The van der Waals surface area contributed by atoms with Gasteiger partial charge in [-0.2, -0.15) is 0 Å². The Morgan fingerprint density at radius 1 is 1.20 bits per heavy atom. The molecule has 1 amide bonds. The van der Waals surface area contributed by atoms with Crippen molar-refractivity contribution in [3.05, 3.63) is 63.2 Å². The van der Waals surface area contributed by atoms with Crippen LogP contribution in [0, 0.1) is 10.1 Å². The summed E-state index contributed by atoms with van der Waals surface area (Å²) in [7, 11) is 0. The highest BCUT2D eigenvalue weighted by molar-refractivity contribution is 6.34. The van der Waals surface area contributed by atoms with Crippen molar-refractivity contribution < 1.29 is 9.72 Å². The zero-order valence-electron chi connectivity index (χ0n) is 13.4. The maximum Gasteiger partial charge on any atom is 0.294 e. The van der Waals surface area contributed by atoms with Crippen molar-refractivity contribution >= 4 is 34.6 Å². The zero-order chi connectivity index (χ0) is 17.8. The van der Waals surface area contributed by atoms with E-state index in [2.05, 4.69) is 10.6 Å². The Labute approximate surface area is 149 Å². The lowest BCUT2D eigenvalue weighted by atomic mass is 10.1. The lowest BCUT2D eigenvalue weighted by molar-refractivity contribution is -0.384. The van der Waals surface area contributed by atoms with Crippen molar-refractivity contribution in [3.8, 4) is 0 Å². The smallest absolute Gasteiger partial charge is 0.294 e. The maximum atomic E-state index is 12.3. The van der Waals surface area contributed by atoms with Gasteiger partial charge in [0, 0.05) is 37.9 Å². The van der Waals surface area contributed by atoms with Crippen molar-refractivity contribution in [2.45, 2.75) is 0 Å². The van der Waals surface area contributed by atoms with Gasteiger partial charge >= 0.3 is 0 Å². The van der Waals surface area contributed by atoms with Crippen LogP contribution in [-0.2, 0) is 0 Å². The number of rotatable bonds is 4. The largest absolute Gasteiger partial charge is 0.363 e. The van der Waals surface area contributed by atoms with E-state index in [1.807, 2.05) is 4.90 Å². The number of hydrogen-bond acceptors (Lipinski definition) is 5. The molecule has 130 valence electrons. The van der Waals surface area contributed by atoms with Crippen LogP contribution in [0.5, 0.6) is 0 Å². The molecule has 0 unspecified atom stereocenters. The van der Waals surface area contributed by atoms with Gasteiger partial charge in [0.25, 0.3) is 11.6 Å². The van der Waals surface area contributed by atoms with Crippen LogP contribution in [0.1, 0.15) is 10.4 Å². The highest BCUT2D eigenvalue weighted by Gasteiger charge is 2.22. The summed E-state index contributed by atoms with van der Waals surface area (Å²) in [5.41, 5.74) is 1.20. The van der Waals surface area contributed by atoms with E-state index in [0.717, 1.165) is 13.1 Å². The minimum Gasteiger partial charge on any atom is -0.363 e. The predicted molar refractivity (Wildman–Crippen MR) is 97.6 cm³/mol. The topological polar surface area (TPSA) is 87.5 Å². The second-order valence-corrected chi connectivity index (χ2v) is 6.04. The molecule has 0 aromatic heterocycles. The summed E-state index contributed by atoms with van der Waals surface area (Å²) in [6, 6.07) is 11.4. The average Bonchev–Trinajstić information content (AvgIpc) is 2.62. The quantitative estimate of drug-likeness (QED) is 0.646. The Kier molecular flexibility index (Phi) is 5.16. The number of piperazine rings is 1. The van der Waals surface area contributed by atoms with Crippen molar-refractivity contribution in [2.75, 3.05) is 36.4 Å². The standard InChI is InChI=1S/C17H17ClN4O3/c18-14-4-2-1-3-13(14)17(23)20-12-5-6-15(16(11-12)22(24)25)21-9-7-19-8-10-21/h1-6,11,19H,7-10H2,(H,20,23). The number of amides is 1. The van der Waals surface area contributed by atoms with Crippen LogP contribution in [0.3, 0.4) is 0 Å². The molecular weight excluding hydrogens is 344 g/mol. The first-order chi connectivity index (χ1) is 12.1. The highest BCUT2D eigenvalue weighted by atomic mass is 35.5. The molecule has 25 heavy (non-hydrogen) atoms. The van der Waals surface area contributed by atoms with E-state index in [1.165, 1.54) is 6.07 Å². The molecule has 2 aromatic rings. The first-order valence-electron chi connectivity index (χ1n) is 7.86. The third kappa shape index (κ3) is 3.89. The second-order valence-electron chi connectivity index (χ2n) is 5.63. The van der Waals surface area contributed by atoms with Gasteiger partial charge in [-0.25, -0.2) is 0 Å². The van der Waals surface area contributed by atoms with Gasteiger partial charge in [-0.05, 0) is 24.3 Å². The summed E-state index contributed by atoms with van der Waals surface area (Å²) < 4.78 is 0.